The Hall–Kier alpha value is -1.13. The first-order chi connectivity index (χ1) is 8.13. The first-order valence-corrected chi connectivity index (χ1v) is 6.35. The molecule has 0 atom stereocenters. The minimum Gasteiger partial charge on any atom is -0.330 e. The molecular weight excluding hydrogens is 278 g/mol. The standard InChI is InChI=1S/C13H16BrN3/c1-9-13(10-4-6-11(14)7-5-10)17(3)12(16-9)8-15-2/h4-7,15H,8H2,1-3H3. The minimum atomic E-state index is 0.786. The van der Waals surface area contributed by atoms with Crippen molar-refractivity contribution in [1.29, 1.82) is 0 Å². The zero-order chi connectivity index (χ0) is 12.4. The average molecular weight is 294 g/mol. The first-order valence-electron chi connectivity index (χ1n) is 5.56. The smallest absolute Gasteiger partial charge is 0.123 e. The van der Waals surface area contributed by atoms with Crippen LogP contribution >= 0.6 is 15.9 Å². The van der Waals surface area contributed by atoms with Crippen LogP contribution in [0.2, 0.25) is 0 Å². The number of nitrogens with one attached hydrogen (secondary N) is 1. The zero-order valence-corrected chi connectivity index (χ0v) is 11.9. The summed E-state index contributed by atoms with van der Waals surface area (Å²) in [7, 11) is 3.99. The van der Waals surface area contributed by atoms with Crippen LogP contribution in [0.15, 0.2) is 28.7 Å². The largest absolute Gasteiger partial charge is 0.330 e. The maximum Gasteiger partial charge on any atom is 0.123 e. The van der Waals surface area contributed by atoms with Gasteiger partial charge in [-0.3, -0.25) is 0 Å². The van der Waals surface area contributed by atoms with Crippen LogP contribution in [0.25, 0.3) is 11.3 Å². The molecule has 2 rings (SSSR count). The summed E-state index contributed by atoms with van der Waals surface area (Å²) in [5.41, 5.74) is 3.45. The number of nitrogens with zero attached hydrogens (tertiary/aromatic N) is 2. The molecule has 0 amide bonds. The zero-order valence-electron chi connectivity index (χ0n) is 10.3. The second-order valence-corrected chi connectivity index (χ2v) is 4.97. The van der Waals surface area contributed by atoms with Crippen molar-refractivity contribution in [2.45, 2.75) is 13.5 Å². The van der Waals surface area contributed by atoms with E-state index in [1.807, 2.05) is 7.05 Å². The fourth-order valence-electron chi connectivity index (χ4n) is 2.02. The van der Waals surface area contributed by atoms with Crippen molar-refractivity contribution in [3.8, 4) is 11.3 Å². The van der Waals surface area contributed by atoms with Crippen LogP contribution in [0, 0.1) is 6.92 Å². The molecule has 2 aromatic rings. The van der Waals surface area contributed by atoms with E-state index in [4.69, 9.17) is 0 Å². The summed E-state index contributed by atoms with van der Waals surface area (Å²) in [5, 5.41) is 3.14. The molecule has 0 saturated heterocycles. The van der Waals surface area contributed by atoms with Crippen LogP contribution in [0.5, 0.6) is 0 Å². The van der Waals surface area contributed by atoms with Gasteiger partial charge in [-0.2, -0.15) is 0 Å². The molecule has 0 aliphatic carbocycles. The molecule has 0 aliphatic rings. The SMILES string of the molecule is CNCc1nc(C)c(-c2ccc(Br)cc2)n1C. The van der Waals surface area contributed by atoms with E-state index in [0.717, 1.165) is 22.5 Å². The Morgan fingerprint density at radius 2 is 1.94 bits per heavy atom. The number of hydrogen-bond donors (Lipinski definition) is 1. The number of aromatic nitrogens is 2. The van der Waals surface area contributed by atoms with E-state index in [1.54, 1.807) is 0 Å². The van der Waals surface area contributed by atoms with E-state index in [1.165, 1.54) is 11.3 Å². The fourth-order valence-corrected chi connectivity index (χ4v) is 2.28. The Kier molecular flexibility index (Phi) is 3.64. The van der Waals surface area contributed by atoms with Crippen molar-refractivity contribution >= 4 is 15.9 Å². The molecule has 0 unspecified atom stereocenters. The molecule has 3 nitrogen and oxygen atoms in total. The van der Waals surface area contributed by atoms with Gasteiger partial charge in [-0.15, -0.1) is 0 Å². The molecule has 0 bridgehead atoms. The van der Waals surface area contributed by atoms with Crippen molar-refractivity contribution < 1.29 is 0 Å². The van der Waals surface area contributed by atoms with Crippen molar-refractivity contribution in [3.63, 3.8) is 0 Å². The van der Waals surface area contributed by atoms with Gasteiger partial charge in [0, 0.05) is 17.1 Å². The van der Waals surface area contributed by atoms with E-state index in [-0.39, 0.29) is 0 Å². The van der Waals surface area contributed by atoms with Gasteiger partial charge in [0.1, 0.15) is 5.82 Å². The third-order valence-electron chi connectivity index (χ3n) is 2.81. The summed E-state index contributed by atoms with van der Waals surface area (Å²) in [6.07, 6.45) is 0. The van der Waals surface area contributed by atoms with Crippen LogP contribution in [-0.2, 0) is 13.6 Å². The Balaban J connectivity index is 2.48. The number of aryl methyl sites for hydroxylation is 1. The van der Waals surface area contributed by atoms with Crippen molar-refractivity contribution in [1.82, 2.24) is 14.9 Å². The van der Waals surface area contributed by atoms with Gasteiger partial charge in [-0.1, -0.05) is 28.1 Å². The molecule has 90 valence electrons. The van der Waals surface area contributed by atoms with Crippen molar-refractivity contribution in [2.24, 2.45) is 7.05 Å². The number of halogens is 1. The minimum absolute atomic E-state index is 0.786. The van der Waals surface area contributed by atoms with Crippen LogP contribution in [0.1, 0.15) is 11.5 Å². The maximum atomic E-state index is 4.59. The Bertz CT molecular complexity index is 514. The molecule has 1 aromatic heterocycles. The number of imidazole rings is 1. The predicted molar refractivity (Wildman–Crippen MR) is 73.8 cm³/mol. The van der Waals surface area contributed by atoms with E-state index in [0.29, 0.717) is 0 Å². The summed E-state index contributed by atoms with van der Waals surface area (Å²) in [5.74, 6) is 1.06. The van der Waals surface area contributed by atoms with Crippen LogP contribution < -0.4 is 5.32 Å². The number of hydrogen-bond acceptors (Lipinski definition) is 2. The quantitative estimate of drug-likeness (QED) is 0.943. The van der Waals surface area contributed by atoms with Gasteiger partial charge in [0.15, 0.2) is 0 Å². The third-order valence-corrected chi connectivity index (χ3v) is 3.34. The highest BCUT2D eigenvalue weighted by molar-refractivity contribution is 9.10. The van der Waals surface area contributed by atoms with E-state index >= 15 is 0 Å². The normalized spacial score (nSPS) is 10.8. The lowest BCUT2D eigenvalue weighted by Crippen LogP contribution is -2.10. The van der Waals surface area contributed by atoms with E-state index in [2.05, 4.69) is 69.0 Å². The van der Waals surface area contributed by atoms with Gasteiger partial charge < -0.3 is 9.88 Å². The molecule has 4 heteroatoms. The molecule has 0 spiro atoms. The van der Waals surface area contributed by atoms with Gasteiger partial charge in [0.2, 0.25) is 0 Å². The fraction of sp³-hybridized carbons (Fsp3) is 0.308. The van der Waals surface area contributed by atoms with Gasteiger partial charge in [0.05, 0.1) is 17.9 Å². The summed E-state index contributed by atoms with van der Waals surface area (Å²) in [6.45, 7) is 2.84. The van der Waals surface area contributed by atoms with Crippen LogP contribution in [0.4, 0.5) is 0 Å². The summed E-state index contributed by atoms with van der Waals surface area (Å²) < 4.78 is 3.24. The maximum absolute atomic E-state index is 4.59. The number of rotatable bonds is 3. The van der Waals surface area contributed by atoms with E-state index in [9.17, 15) is 0 Å². The van der Waals surface area contributed by atoms with Gasteiger partial charge in [-0.25, -0.2) is 4.98 Å². The average Bonchev–Trinajstić information content (AvgIpc) is 2.57. The molecule has 0 fully saturated rings. The van der Waals surface area contributed by atoms with E-state index < -0.39 is 0 Å². The molecule has 0 aliphatic heterocycles. The topological polar surface area (TPSA) is 29.9 Å². The lowest BCUT2D eigenvalue weighted by Gasteiger charge is -2.06. The second kappa shape index (κ2) is 5.02. The summed E-state index contributed by atoms with van der Waals surface area (Å²) in [6, 6.07) is 8.33. The lowest BCUT2D eigenvalue weighted by atomic mass is 10.1. The van der Waals surface area contributed by atoms with Gasteiger partial charge in [0.25, 0.3) is 0 Å². The molecule has 1 heterocycles. The van der Waals surface area contributed by atoms with Gasteiger partial charge >= 0.3 is 0 Å². The van der Waals surface area contributed by atoms with Gasteiger partial charge in [-0.05, 0) is 26.1 Å². The molecular formula is C13H16BrN3. The summed E-state index contributed by atoms with van der Waals surface area (Å²) in [4.78, 5) is 4.59. The molecule has 0 radical (unpaired) electrons. The summed E-state index contributed by atoms with van der Waals surface area (Å²) >= 11 is 3.45. The molecule has 1 aromatic carbocycles. The Morgan fingerprint density at radius 3 is 2.53 bits per heavy atom. The highest BCUT2D eigenvalue weighted by Gasteiger charge is 2.12. The monoisotopic (exact) mass is 293 g/mol. The third kappa shape index (κ3) is 2.42. The Morgan fingerprint density at radius 1 is 1.29 bits per heavy atom. The highest BCUT2D eigenvalue weighted by Crippen LogP contribution is 2.25. The highest BCUT2D eigenvalue weighted by atomic mass is 79.9. The van der Waals surface area contributed by atoms with Crippen molar-refractivity contribution in [2.75, 3.05) is 7.05 Å². The number of benzene rings is 1. The van der Waals surface area contributed by atoms with Crippen LogP contribution in [0.3, 0.4) is 0 Å². The van der Waals surface area contributed by atoms with Crippen LogP contribution in [-0.4, -0.2) is 16.6 Å². The lowest BCUT2D eigenvalue weighted by molar-refractivity contribution is 0.712. The molecule has 0 saturated carbocycles. The predicted octanol–water partition coefficient (Wildman–Crippen LogP) is 2.88. The van der Waals surface area contributed by atoms with Crippen molar-refractivity contribution in [3.05, 3.63) is 40.3 Å². The molecule has 1 N–H and O–H groups in total. The Labute approximate surface area is 110 Å². The first kappa shape index (κ1) is 12.3. The second-order valence-electron chi connectivity index (χ2n) is 4.06. The molecule has 17 heavy (non-hydrogen) atoms.